The van der Waals surface area contributed by atoms with Gasteiger partial charge in [0.1, 0.15) is 6.10 Å². The summed E-state index contributed by atoms with van der Waals surface area (Å²) in [5, 5.41) is 5.56. The first kappa shape index (κ1) is 58.1. The number of alkyl carbamates (subject to hydrolysis) is 1. The number of hydrogen-bond acceptors (Lipinski definition) is 15. The average Bonchev–Trinajstić information content (AvgIpc) is 3.35. The number of ether oxygens (including phenoxy) is 12. The Morgan fingerprint density at radius 2 is 0.914 bits per heavy atom. The Kier molecular flexibility index (Phi) is 33.3. The predicted molar refractivity (Wildman–Crippen MR) is 262 cm³/mol. The SMILES string of the molecule is O=C(CCC(=O)N1Cc2ccccc2C#Cc2ccccc21)NCCOCCOCCOCCOCCOCCOCCOCCOCCOCCOCCOCCNC(=O)OC1CC/C=C/CCC1. The molecule has 1 unspecified atom stereocenters. The van der Waals surface area contributed by atoms with Crippen LogP contribution in [0.15, 0.2) is 60.7 Å². The minimum atomic E-state index is -0.383. The molecule has 4 rings (SSSR count). The smallest absolute Gasteiger partial charge is 0.407 e. The van der Waals surface area contributed by atoms with Crippen molar-refractivity contribution in [3.05, 3.63) is 77.4 Å². The highest BCUT2D eigenvalue weighted by Gasteiger charge is 2.22. The maximum Gasteiger partial charge on any atom is 0.407 e. The lowest BCUT2D eigenvalue weighted by atomic mass is 10.0. The van der Waals surface area contributed by atoms with Crippen molar-refractivity contribution in [3.63, 3.8) is 0 Å². The van der Waals surface area contributed by atoms with E-state index in [1.54, 1.807) is 4.90 Å². The molecule has 0 saturated carbocycles. The average molecular weight is 984 g/mol. The van der Waals surface area contributed by atoms with E-state index in [4.69, 9.17) is 56.8 Å². The van der Waals surface area contributed by atoms with Crippen LogP contribution in [-0.2, 0) is 73.0 Å². The lowest BCUT2D eigenvalue weighted by Crippen LogP contribution is -2.34. The second kappa shape index (κ2) is 40.1. The quantitative estimate of drug-likeness (QED) is 0.0534. The van der Waals surface area contributed by atoms with Crippen molar-refractivity contribution in [1.82, 2.24) is 10.6 Å². The van der Waals surface area contributed by atoms with E-state index in [9.17, 15) is 14.4 Å². The molecule has 1 heterocycles. The molecule has 70 heavy (non-hydrogen) atoms. The van der Waals surface area contributed by atoms with Gasteiger partial charge >= 0.3 is 6.09 Å². The second-order valence-corrected chi connectivity index (χ2v) is 15.9. The van der Waals surface area contributed by atoms with Gasteiger partial charge in [-0.1, -0.05) is 54.3 Å². The summed E-state index contributed by atoms with van der Waals surface area (Å²) in [5.74, 6) is 6.07. The standard InChI is InChI=1S/C52H77N3O15/c56-50(18-19-51(57)55-44-47-12-7-6-10-45(47)16-17-46-11-8-9-15-49(46)55)53-20-22-59-24-26-61-28-30-63-32-34-65-36-38-67-40-42-69-43-41-68-39-37-66-35-33-64-31-29-62-27-25-60-23-21-54-52(58)70-48-13-4-2-1-3-5-14-48/h1-2,6-12,15,48H,3-5,13-14,18-44H2,(H,53,56)(H,54,58)/b2-1+. The molecule has 1 aliphatic carbocycles. The molecule has 0 spiro atoms. The highest BCUT2D eigenvalue weighted by molar-refractivity contribution is 5.96. The van der Waals surface area contributed by atoms with Crippen LogP contribution in [0.1, 0.15) is 61.6 Å². The Hall–Kier alpha value is -4.49. The molecule has 0 fully saturated rings. The highest BCUT2D eigenvalue weighted by Crippen LogP contribution is 2.26. The van der Waals surface area contributed by atoms with Gasteiger partial charge in [0.05, 0.1) is 158 Å². The van der Waals surface area contributed by atoms with E-state index in [0.717, 1.165) is 54.5 Å². The van der Waals surface area contributed by atoms with E-state index in [1.807, 2.05) is 48.5 Å². The third kappa shape index (κ3) is 28.4. The fourth-order valence-electron chi connectivity index (χ4n) is 6.88. The molecule has 0 radical (unpaired) electrons. The zero-order valence-electron chi connectivity index (χ0n) is 41.0. The summed E-state index contributed by atoms with van der Waals surface area (Å²) in [6.45, 7) is 11.0. The maximum atomic E-state index is 13.3. The minimum absolute atomic E-state index is 0.0170. The highest BCUT2D eigenvalue weighted by atomic mass is 16.6. The monoisotopic (exact) mass is 984 g/mol. The Balaban J connectivity index is 0.782. The van der Waals surface area contributed by atoms with Gasteiger partial charge in [-0.25, -0.2) is 4.79 Å². The summed E-state index contributed by atoms with van der Waals surface area (Å²) >= 11 is 0. The number of carbonyl (C=O) groups excluding carboxylic acids is 3. The van der Waals surface area contributed by atoms with Gasteiger partial charge in [-0.2, -0.15) is 0 Å². The molecule has 18 heteroatoms. The number of allylic oxidation sites excluding steroid dienone is 2. The normalized spacial score (nSPS) is 14.7. The van der Waals surface area contributed by atoms with E-state index in [-0.39, 0.29) is 36.9 Å². The molecule has 0 aromatic heterocycles. The van der Waals surface area contributed by atoms with E-state index >= 15 is 0 Å². The van der Waals surface area contributed by atoms with E-state index in [0.29, 0.717) is 165 Å². The number of carbonyl (C=O) groups is 3. The first-order chi connectivity index (χ1) is 34.6. The van der Waals surface area contributed by atoms with Gasteiger partial charge in [0, 0.05) is 37.1 Å². The predicted octanol–water partition coefficient (Wildman–Crippen LogP) is 4.63. The Morgan fingerprint density at radius 1 is 0.486 bits per heavy atom. The van der Waals surface area contributed by atoms with Crippen molar-refractivity contribution in [2.45, 2.75) is 57.6 Å². The largest absolute Gasteiger partial charge is 0.446 e. The van der Waals surface area contributed by atoms with Crippen molar-refractivity contribution in [1.29, 1.82) is 0 Å². The van der Waals surface area contributed by atoms with Crippen LogP contribution < -0.4 is 15.5 Å². The number of rotatable bonds is 40. The maximum absolute atomic E-state index is 13.3. The fourth-order valence-corrected chi connectivity index (χ4v) is 6.88. The number of hydrogen-bond donors (Lipinski definition) is 2. The van der Waals surface area contributed by atoms with Crippen molar-refractivity contribution < 1.29 is 71.2 Å². The van der Waals surface area contributed by atoms with Crippen LogP contribution in [0.5, 0.6) is 0 Å². The zero-order valence-corrected chi connectivity index (χ0v) is 41.0. The molecule has 1 atom stereocenters. The molecule has 390 valence electrons. The lowest BCUT2D eigenvalue weighted by molar-refractivity contribution is -0.125. The number of para-hydroxylation sites is 1. The topological polar surface area (TPSA) is 189 Å². The summed E-state index contributed by atoms with van der Waals surface area (Å²) in [5.41, 5.74) is 3.40. The molecule has 2 N–H and O–H groups in total. The molecule has 2 aliphatic rings. The van der Waals surface area contributed by atoms with Crippen LogP contribution in [0.4, 0.5) is 10.5 Å². The van der Waals surface area contributed by atoms with Crippen molar-refractivity contribution in [2.75, 3.05) is 163 Å². The second-order valence-electron chi connectivity index (χ2n) is 15.9. The summed E-state index contributed by atoms with van der Waals surface area (Å²) in [6, 6.07) is 15.4. The van der Waals surface area contributed by atoms with Gasteiger partial charge in [-0.15, -0.1) is 0 Å². The molecule has 2 aromatic rings. The van der Waals surface area contributed by atoms with E-state index < -0.39 is 0 Å². The van der Waals surface area contributed by atoms with Gasteiger partial charge in [-0.3, -0.25) is 9.59 Å². The van der Waals surface area contributed by atoms with Gasteiger partial charge in [0.25, 0.3) is 0 Å². The molecule has 18 nitrogen and oxygen atoms in total. The number of anilines is 1. The number of nitrogens with one attached hydrogen (secondary N) is 2. The molecule has 3 amide bonds. The first-order valence-electron chi connectivity index (χ1n) is 24.8. The van der Waals surface area contributed by atoms with E-state index in [1.165, 1.54) is 0 Å². The summed E-state index contributed by atoms with van der Waals surface area (Å²) in [4.78, 5) is 39.5. The first-order valence-corrected chi connectivity index (χ1v) is 24.8. The number of amides is 3. The van der Waals surface area contributed by atoms with Gasteiger partial charge in [0.2, 0.25) is 11.8 Å². The Morgan fingerprint density at radius 3 is 1.44 bits per heavy atom. The Bertz CT molecular complexity index is 1790. The van der Waals surface area contributed by atoms with Crippen LogP contribution in [0.3, 0.4) is 0 Å². The van der Waals surface area contributed by atoms with Gasteiger partial charge in [-0.05, 0) is 55.9 Å². The fraction of sp³-hybridized carbons (Fsp3) is 0.635. The van der Waals surface area contributed by atoms with E-state index in [2.05, 4.69) is 34.6 Å². The van der Waals surface area contributed by atoms with Crippen molar-refractivity contribution in [3.8, 4) is 11.8 Å². The molecule has 2 aromatic carbocycles. The van der Waals surface area contributed by atoms with Crippen molar-refractivity contribution >= 4 is 23.6 Å². The number of benzene rings is 2. The van der Waals surface area contributed by atoms with Crippen LogP contribution in [-0.4, -0.2) is 182 Å². The number of fused-ring (bicyclic) bond motifs is 2. The molecule has 0 bridgehead atoms. The van der Waals surface area contributed by atoms with Crippen LogP contribution in [0, 0.1) is 11.8 Å². The summed E-state index contributed by atoms with van der Waals surface area (Å²) in [6.07, 6.45) is 8.92. The van der Waals surface area contributed by atoms with Gasteiger partial charge in [0.15, 0.2) is 0 Å². The third-order valence-electron chi connectivity index (χ3n) is 10.5. The molecule has 1 aliphatic heterocycles. The molecule has 0 saturated heterocycles. The molecular formula is C52H77N3O15. The van der Waals surface area contributed by atoms with Gasteiger partial charge < -0.3 is 72.4 Å². The van der Waals surface area contributed by atoms with Crippen LogP contribution in [0.25, 0.3) is 0 Å². The summed E-state index contributed by atoms with van der Waals surface area (Å²) in [7, 11) is 0. The molecular weight excluding hydrogens is 907 g/mol. The zero-order chi connectivity index (χ0) is 49.2. The number of nitrogens with zero attached hydrogens (tertiary/aromatic N) is 1. The summed E-state index contributed by atoms with van der Waals surface area (Å²) < 4.78 is 66.2. The van der Waals surface area contributed by atoms with Crippen LogP contribution in [0.2, 0.25) is 0 Å². The lowest BCUT2D eigenvalue weighted by Gasteiger charge is -2.26. The van der Waals surface area contributed by atoms with Crippen molar-refractivity contribution in [2.24, 2.45) is 0 Å². The third-order valence-corrected chi connectivity index (χ3v) is 10.5. The Labute approximate surface area is 414 Å². The minimum Gasteiger partial charge on any atom is -0.446 e. The van der Waals surface area contributed by atoms with Crippen LogP contribution >= 0.6 is 0 Å².